The molecule has 2 aromatic rings. The highest BCUT2D eigenvalue weighted by Crippen LogP contribution is 2.29. The van der Waals surface area contributed by atoms with Gasteiger partial charge in [0.15, 0.2) is 0 Å². The van der Waals surface area contributed by atoms with Crippen LogP contribution in [0.5, 0.6) is 5.75 Å². The minimum Gasteiger partial charge on any atom is -0.507 e. The number of hydrogen-bond acceptors (Lipinski definition) is 3. The topological polar surface area (TPSA) is 46.3 Å². The summed E-state index contributed by atoms with van der Waals surface area (Å²) in [4.78, 5) is 0. The SMILES string of the molecule is Oc1ccccc1-c1cc(Br)on1. The lowest BCUT2D eigenvalue weighted by Gasteiger charge is -1.97. The van der Waals surface area contributed by atoms with Gasteiger partial charge in [0.2, 0.25) is 4.67 Å². The van der Waals surface area contributed by atoms with E-state index in [2.05, 4.69) is 21.1 Å². The first kappa shape index (κ1) is 8.31. The molecule has 1 N–H and O–H groups in total. The van der Waals surface area contributed by atoms with Crippen molar-refractivity contribution in [2.75, 3.05) is 0 Å². The van der Waals surface area contributed by atoms with E-state index in [0.29, 0.717) is 15.9 Å². The van der Waals surface area contributed by atoms with Crippen LogP contribution >= 0.6 is 15.9 Å². The van der Waals surface area contributed by atoms with Gasteiger partial charge in [-0.25, -0.2) is 0 Å². The van der Waals surface area contributed by atoms with Crippen molar-refractivity contribution in [2.24, 2.45) is 0 Å². The predicted octanol–water partition coefficient (Wildman–Crippen LogP) is 2.81. The van der Waals surface area contributed by atoms with Crippen LogP contribution in [-0.4, -0.2) is 10.3 Å². The quantitative estimate of drug-likeness (QED) is 0.833. The zero-order valence-corrected chi connectivity index (χ0v) is 8.15. The normalized spacial score (nSPS) is 10.2. The molecule has 66 valence electrons. The summed E-state index contributed by atoms with van der Waals surface area (Å²) in [6.07, 6.45) is 0. The van der Waals surface area contributed by atoms with Crippen LogP contribution < -0.4 is 0 Å². The first-order valence-electron chi connectivity index (χ1n) is 3.68. The van der Waals surface area contributed by atoms with Gasteiger partial charge >= 0.3 is 0 Å². The number of hydrogen-bond donors (Lipinski definition) is 1. The largest absolute Gasteiger partial charge is 0.507 e. The Hall–Kier alpha value is -1.29. The molecule has 4 heteroatoms. The van der Waals surface area contributed by atoms with E-state index in [1.54, 1.807) is 24.3 Å². The van der Waals surface area contributed by atoms with E-state index in [-0.39, 0.29) is 5.75 Å². The fourth-order valence-electron chi connectivity index (χ4n) is 1.07. The lowest BCUT2D eigenvalue weighted by atomic mass is 10.1. The number of halogens is 1. The van der Waals surface area contributed by atoms with Crippen LogP contribution in [0.2, 0.25) is 0 Å². The maximum Gasteiger partial charge on any atom is 0.202 e. The Morgan fingerprint density at radius 2 is 2.08 bits per heavy atom. The van der Waals surface area contributed by atoms with Crippen LogP contribution in [0, 0.1) is 0 Å². The van der Waals surface area contributed by atoms with Crippen LogP contribution in [-0.2, 0) is 0 Å². The zero-order chi connectivity index (χ0) is 9.26. The second kappa shape index (κ2) is 3.22. The van der Waals surface area contributed by atoms with E-state index < -0.39 is 0 Å². The molecule has 0 atom stereocenters. The molecule has 0 saturated carbocycles. The van der Waals surface area contributed by atoms with E-state index in [0.717, 1.165) is 0 Å². The summed E-state index contributed by atoms with van der Waals surface area (Å²) in [7, 11) is 0. The molecular weight excluding hydrogens is 234 g/mol. The molecular formula is C9H6BrNO2. The van der Waals surface area contributed by atoms with E-state index in [1.807, 2.05) is 6.07 Å². The van der Waals surface area contributed by atoms with Crippen molar-refractivity contribution in [1.82, 2.24) is 5.16 Å². The van der Waals surface area contributed by atoms with Gasteiger partial charge in [-0.15, -0.1) is 0 Å². The van der Waals surface area contributed by atoms with Gasteiger partial charge in [0.25, 0.3) is 0 Å². The van der Waals surface area contributed by atoms with Crippen LogP contribution in [0.15, 0.2) is 39.5 Å². The van der Waals surface area contributed by atoms with Gasteiger partial charge in [-0.3, -0.25) is 0 Å². The highest BCUT2D eigenvalue weighted by molar-refractivity contribution is 9.10. The first-order chi connectivity index (χ1) is 6.27. The van der Waals surface area contributed by atoms with Crippen LogP contribution in [0.3, 0.4) is 0 Å². The van der Waals surface area contributed by atoms with Gasteiger partial charge in [-0.1, -0.05) is 17.3 Å². The second-order valence-electron chi connectivity index (χ2n) is 2.53. The fourth-order valence-corrected chi connectivity index (χ4v) is 1.36. The lowest BCUT2D eigenvalue weighted by molar-refractivity contribution is 0.401. The van der Waals surface area contributed by atoms with Gasteiger partial charge in [0.05, 0.1) is 0 Å². The Balaban J connectivity index is 2.52. The molecule has 0 spiro atoms. The summed E-state index contributed by atoms with van der Waals surface area (Å²) >= 11 is 3.14. The molecule has 0 radical (unpaired) electrons. The molecule has 13 heavy (non-hydrogen) atoms. The molecule has 1 heterocycles. The molecule has 0 fully saturated rings. The number of phenols is 1. The fraction of sp³-hybridized carbons (Fsp3) is 0. The second-order valence-corrected chi connectivity index (χ2v) is 3.31. The summed E-state index contributed by atoms with van der Waals surface area (Å²) in [6, 6.07) is 8.68. The smallest absolute Gasteiger partial charge is 0.202 e. The maximum atomic E-state index is 9.48. The summed E-state index contributed by atoms with van der Waals surface area (Å²) < 4.78 is 5.38. The Bertz CT molecular complexity index is 425. The standard InChI is InChI=1S/C9H6BrNO2/c10-9-5-7(11-13-9)6-3-1-2-4-8(6)12/h1-5,12H. The summed E-state index contributed by atoms with van der Waals surface area (Å²) in [5.41, 5.74) is 1.28. The number of nitrogens with zero attached hydrogens (tertiary/aromatic N) is 1. The molecule has 0 unspecified atom stereocenters. The zero-order valence-electron chi connectivity index (χ0n) is 6.57. The molecule has 0 amide bonds. The van der Waals surface area contributed by atoms with Gasteiger partial charge < -0.3 is 9.63 Å². The number of aromatic nitrogens is 1. The molecule has 3 nitrogen and oxygen atoms in total. The monoisotopic (exact) mass is 239 g/mol. The third-order valence-corrected chi connectivity index (χ3v) is 2.04. The van der Waals surface area contributed by atoms with Crippen molar-refractivity contribution in [3.8, 4) is 17.0 Å². The number of rotatable bonds is 1. The number of benzene rings is 1. The minimum atomic E-state index is 0.198. The number of phenolic OH excluding ortho intramolecular Hbond substituents is 1. The Morgan fingerprint density at radius 1 is 1.31 bits per heavy atom. The van der Waals surface area contributed by atoms with Gasteiger partial charge in [0.1, 0.15) is 11.4 Å². The molecule has 0 aliphatic rings. The van der Waals surface area contributed by atoms with Crippen LogP contribution in [0.1, 0.15) is 0 Å². The van der Waals surface area contributed by atoms with E-state index in [1.165, 1.54) is 0 Å². The van der Waals surface area contributed by atoms with E-state index in [9.17, 15) is 5.11 Å². The number of aromatic hydroxyl groups is 1. The Labute approximate surface area is 83.1 Å². The summed E-state index contributed by atoms with van der Waals surface area (Å²) in [5, 5.41) is 13.2. The van der Waals surface area contributed by atoms with Crippen molar-refractivity contribution in [3.63, 3.8) is 0 Å². The highest BCUT2D eigenvalue weighted by Gasteiger charge is 2.07. The summed E-state index contributed by atoms with van der Waals surface area (Å²) in [5.74, 6) is 0.198. The molecule has 2 rings (SSSR count). The van der Waals surface area contributed by atoms with Gasteiger partial charge in [-0.2, -0.15) is 0 Å². The molecule has 0 bridgehead atoms. The van der Waals surface area contributed by atoms with E-state index >= 15 is 0 Å². The number of para-hydroxylation sites is 1. The Kier molecular flexibility index (Phi) is 2.06. The first-order valence-corrected chi connectivity index (χ1v) is 4.47. The third-order valence-electron chi connectivity index (χ3n) is 1.66. The van der Waals surface area contributed by atoms with Crippen molar-refractivity contribution < 1.29 is 9.63 Å². The van der Waals surface area contributed by atoms with Crippen molar-refractivity contribution in [1.29, 1.82) is 0 Å². The van der Waals surface area contributed by atoms with Crippen molar-refractivity contribution in [2.45, 2.75) is 0 Å². The predicted molar refractivity (Wildman–Crippen MR) is 51.3 cm³/mol. The highest BCUT2D eigenvalue weighted by atomic mass is 79.9. The van der Waals surface area contributed by atoms with Gasteiger partial charge in [0, 0.05) is 11.6 Å². The molecule has 1 aromatic heterocycles. The van der Waals surface area contributed by atoms with Crippen molar-refractivity contribution in [3.05, 3.63) is 35.0 Å². The van der Waals surface area contributed by atoms with Gasteiger partial charge in [-0.05, 0) is 28.1 Å². The average molecular weight is 240 g/mol. The summed E-state index contributed by atoms with van der Waals surface area (Å²) in [6.45, 7) is 0. The average Bonchev–Trinajstić information content (AvgIpc) is 2.53. The molecule has 0 aliphatic carbocycles. The minimum absolute atomic E-state index is 0.198. The molecule has 1 aromatic carbocycles. The third kappa shape index (κ3) is 1.58. The van der Waals surface area contributed by atoms with Crippen molar-refractivity contribution >= 4 is 15.9 Å². The van der Waals surface area contributed by atoms with Crippen LogP contribution in [0.25, 0.3) is 11.3 Å². The lowest BCUT2D eigenvalue weighted by Crippen LogP contribution is -1.76. The molecule has 0 saturated heterocycles. The van der Waals surface area contributed by atoms with Crippen LogP contribution in [0.4, 0.5) is 0 Å². The Morgan fingerprint density at radius 3 is 2.69 bits per heavy atom. The maximum absolute atomic E-state index is 9.48. The van der Waals surface area contributed by atoms with E-state index in [4.69, 9.17) is 4.52 Å². The molecule has 0 aliphatic heterocycles.